The van der Waals surface area contributed by atoms with Crippen LogP contribution in [0.1, 0.15) is 24.0 Å². The lowest BCUT2D eigenvalue weighted by Crippen LogP contribution is -2.29. The molecule has 0 heterocycles. The third-order valence-corrected chi connectivity index (χ3v) is 6.42. The zero-order valence-corrected chi connectivity index (χ0v) is 23.4. The summed E-state index contributed by atoms with van der Waals surface area (Å²) in [5, 5.41) is 0. The van der Waals surface area contributed by atoms with Crippen molar-refractivity contribution in [3.05, 3.63) is 35.4 Å². The molecular formula is C28H38O10. The van der Waals surface area contributed by atoms with Crippen molar-refractivity contribution in [3.8, 4) is 34.5 Å². The molecule has 0 spiro atoms. The van der Waals surface area contributed by atoms with Crippen LogP contribution in [0.25, 0.3) is 0 Å². The van der Waals surface area contributed by atoms with E-state index < -0.39 is 11.9 Å². The second kappa shape index (κ2) is 14.8. The van der Waals surface area contributed by atoms with Crippen LogP contribution < -0.4 is 28.4 Å². The van der Waals surface area contributed by atoms with Gasteiger partial charge in [0.05, 0.1) is 62.8 Å². The van der Waals surface area contributed by atoms with E-state index in [0.29, 0.717) is 53.8 Å². The molecule has 2 aromatic carbocycles. The Kier molecular flexibility index (Phi) is 11.8. The zero-order chi connectivity index (χ0) is 28.2. The summed E-state index contributed by atoms with van der Waals surface area (Å²) in [5.74, 6) is 1.18. The van der Waals surface area contributed by atoms with Crippen molar-refractivity contribution in [3.63, 3.8) is 0 Å². The normalized spacial score (nSPS) is 12.1. The molecule has 0 aromatic heterocycles. The minimum atomic E-state index is -0.605. The van der Waals surface area contributed by atoms with Crippen LogP contribution in [0.15, 0.2) is 24.3 Å². The standard InChI is InChI=1S/C28H38O10/c1-31-21-13-17(14-22(32-2)26(21)36-6)11-19(9-10-25(29)35-5)20(28(30)38-8)12-18-15-23(33-3)27(37-7)24(16-18)34-4/h13-16,19-20H,9-12H2,1-8H3/t19-,20-/m0/s1. The van der Waals surface area contributed by atoms with Gasteiger partial charge in [0.2, 0.25) is 11.5 Å². The van der Waals surface area contributed by atoms with Gasteiger partial charge in [-0.2, -0.15) is 0 Å². The van der Waals surface area contributed by atoms with E-state index in [9.17, 15) is 9.59 Å². The first-order chi connectivity index (χ1) is 18.3. The Morgan fingerprint density at radius 1 is 0.605 bits per heavy atom. The predicted molar refractivity (Wildman–Crippen MR) is 140 cm³/mol. The largest absolute Gasteiger partial charge is 0.493 e. The lowest BCUT2D eigenvalue weighted by molar-refractivity contribution is -0.148. The molecule has 0 bridgehead atoms. The monoisotopic (exact) mass is 534 g/mol. The maximum absolute atomic E-state index is 13.1. The predicted octanol–water partition coefficient (Wildman–Crippen LogP) is 3.88. The van der Waals surface area contributed by atoms with Crippen LogP contribution in [0.2, 0.25) is 0 Å². The number of carbonyl (C=O) groups is 2. The van der Waals surface area contributed by atoms with Crippen molar-refractivity contribution >= 4 is 11.9 Å². The van der Waals surface area contributed by atoms with Crippen LogP contribution in [0, 0.1) is 11.8 Å². The van der Waals surface area contributed by atoms with E-state index in [1.807, 2.05) is 12.1 Å². The van der Waals surface area contributed by atoms with E-state index >= 15 is 0 Å². The summed E-state index contributed by atoms with van der Waals surface area (Å²) in [4.78, 5) is 25.2. The number of methoxy groups -OCH3 is 8. The Morgan fingerprint density at radius 3 is 1.37 bits per heavy atom. The highest BCUT2D eigenvalue weighted by atomic mass is 16.5. The van der Waals surface area contributed by atoms with Gasteiger partial charge < -0.3 is 37.9 Å². The highest BCUT2D eigenvalue weighted by Crippen LogP contribution is 2.41. The lowest BCUT2D eigenvalue weighted by atomic mass is 9.80. The molecule has 0 aliphatic heterocycles. The molecule has 38 heavy (non-hydrogen) atoms. The maximum atomic E-state index is 13.1. The molecule has 0 N–H and O–H groups in total. The number of hydrogen-bond acceptors (Lipinski definition) is 10. The molecule has 0 unspecified atom stereocenters. The Hall–Kier alpha value is -3.82. The number of hydrogen-bond donors (Lipinski definition) is 0. The van der Waals surface area contributed by atoms with Gasteiger partial charge >= 0.3 is 11.9 Å². The van der Waals surface area contributed by atoms with Gasteiger partial charge in [-0.25, -0.2) is 0 Å². The molecule has 0 saturated carbocycles. The molecule has 10 nitrogen and oxygen atoms in total. The number of benzene rings is 2. The van der Waals surface area contributed by atoms with E-state index in [1.54, 1.807) is 12.1 Å². The highest BCUT2D eigenvalue weighted by molar-refractivity contribution is 5.74. The molecule has 2 atom stereocenters. The van der Waals surface area contributed by atoms with Gasteiger partial charge in [0.1, 0.15) is 0 Å². The number of esters is 2. The molecule has 210 valence electrons. The first-order valence-corrected chi connectivity index (χ1v) is 12.0. The van der Waals surface area contributed by atoms with E-state index in [1.165, 1.54) is 56.9 Å². The molecule has 0 radical (unpaired) electrons. The number of carbonyl (C=O) groups excluding carboxylic acids is 2. The SMILES string of the molecule is COC(=O)CC[C@@H](Cc1cc(OC)c(OC)c(OC)c1)[C@H](Cc1cc(OC)c(OC)c(OC)c1)C(=O)OC. The summed E-state index contributed by atoms with van der Waals surface area (Å²) < 4.78 is 42.9. The van der Waals surface area contributed by atoms with Crippen LogP contribution >= 0.6 is 0 Å². The molecule has 0 aliphatic rings. The average Bonchev–Trinajstić information content (AvgIpc) is 2.95. The van der Waals surface area contributed by atoms with E-state index in [0.717, 1.165) is 11.1 Å². The van der Waals surface area contributed by atoms with Crippen molar-refractivity contribution in [1.29, 1.82) is 0 Å². The van der Waals surface area contributed by atoms with Gasteiger partial charge in [0.15, 0.2) is 23.0 Å². The van der Waals surface area contributed by atoms with E-state index in [4.69, 9.17) is 37.9 Å². The Labute approximate surface area is 224 Å². The van der Waals surface area contributed by atoms with Crippen molar-refractivity contribution in [2.24, 2.45) is 11.8 Å². The second-order valence-electron chi connectivity index (χ2n) is 8.48. The van der Waals surface area contributed by atoms with Gasteiger partial charge in [-0.1, -0.05) is 0 Å². The van der Waals surface area contributed by atoms with Crippen LogP contribution in [0.5, 0.6) is 34.5 Å². The summed E-state index contributed by atoms with van der Waals surface area (Å²) in [6, 6.07) is 7.27. The van der Waals surface area contributed by atoms with Crippen LogP contribution in [0.3, 0.4) is 0 Å². The fraction of sp³-hybridized carbons (Fsp3) is 0.500. The Morgan fingerprint density at radius 2 is 1.03 bits per heavy atom. The third-order valence-electron chi connectivity index (χ3n) is 6.42. The van der Waals surface area contributed by atoms with Gasteiger partial charge in [-0.15, -0.1) is 0 Å². The maximum Gasteiger partial charge on any atom is 0.309 e. The minimum absolute atomic E-state index is 0.133. The summed E-state index contributed by atoms with van der Waals surface area (Å²) in [5.41, 5.74) is 1.62. The number of ether oxygens (including phenoxy) is 8. The molecule has 0 saturated heterocycles. The molecular weight excluding hydrogens is 496 g/mol. The average molecular weight is 535 g/mol. The van der Waals surface area contributed by atoms with E-state index in [2.05, 4.69) is 0 Å². The third kappa shape index (κ3) is 7.36. The first kappa shape index (κ1) is 30.4. The summed E-state index contributed by atoms with van der Waals surface area (Å²) in [7, 11) is 11.9. The van der Waals surface area contributed by atoms with Gasteiger partial charge in [0, 0.05) is 6.42 Å². The second-order valence-corrected chi connectivity index (χ2v) is 8.48. The molecule has 0 amide bonds. The molecule has 0 fully saturated rings. The van der Waals surface area contributed by atoms with Crippen molar-refractivity contribution in [1.82, 2.24) is 0 Å². The quantitative estimate of drug-likeness (QED) is 0.312. The molecule has 10 heteroatoms. The van der Waals surface area contributed by atoms with Gasteiger partial charge in [-0.3, -0.25) is 9.59 Å². The fourth-order valence-corrected chi connectivity index (χ4v) is 4.51. The zero-order valence-electron chi connectivity index (χ0n) is 23.4. The number of rotatable bonds is 15. The van der Waals surface area contributed by atoms with Crippen molar-refractivity contribution in [2.45, 2.75) is 25.7 Å². The summed E-state index contributed by atoms with van der Waals surface area (Å²) in [6.45, 7) is 0. The fourth-order valence-electron chi connectivity index (χ4n) is 4.51. The van der Waals surface area contributed by atoms with Gasteiger partial charge in [-0.05, 0) is 60.6 Å². The van der Waals surface area contributed by atoms with Crippen molar-refractivity contribution < 1.29 is 47.5 Å². The summed E-state index contributed by atoms with van der Waals surface area (Å²) >= 11 is 0. The first-order valence-electron chi connectivity index (χ1n) is 12.0. The highest BCUT2D eigenvalue weighted by Gasteiger charge is 2.32. The van der Waals surface area contributed by atoms with E-state index in [-0.39, 0.29) is 18.3 Å². The Balaban J connectivity index is 2.55. The molecule has 0 aliphatic carbocycles. The molecule has 2 rings (SSSR count). The van der Waals surface area contributed by atoms with Gasteiger partial charge in [0.25, 0.3) is 0 Å². The van der Waals surface area contributed by atoms with Crippen LogP contribution in [0.4, 0.5) is 0 Å². The lowest BCUT2D eigenvalue weighted by Gasteiger charge is -2.26. The van der Waals surface area contributed by atoms with Crippen LogP contribution in [-0.4, -0.2) is 68.8 Å². The van der Waals surface area contributed by atoms with Crippen LogP contribution in [-0.2, 0) is 31.9 Å². The Bertz CT molecular complexity index is 1030. The molecule has 2 aromatic rings. The van der Waals surface area contributed by atoms with Crippen molar-refractivity contribution in [2.75, 3.05) is 56.9 Å². The topological polar surface area (TPSA) is 108 Å². The summed E-state index contributed by atoms with van der Waals surface area (Å²) in [6.07, 6.45) is 1.25. The smallest absolute Gasteiger partial charge is 0.309 e. The minimum Gasteiger partial charge on any atom is -0.493 e.